The first-order chi connectivity index (χ1) is 11.1. The van der Waals surface area contributed by atoms with E-state index in [2.05, 4.69) is 20.8 Å². The van der Waals surface area contributed by atoms with Gasteiger partial charge in [0.05, 0.1) is 19.1 Å². The Morgan fingerprint density at radius 3 is 2.83 bits per heavy atom. The highest BCUT2D eigenvalue weighted by Gasteiger charge is 2.30. The molecule has 1 unspecified atom stereocenters. The van der Waals surface area contributed by atoms with Crippen molar-refractivity contribution in [3.05, 3.63) is 34.1 Å². The van der Waals surface area contributed by atoms with Crippen molar-refractivity contribution in [1.82, 2.24) is 9.80 Å². The molecule has 2 aliphatic heterocycles. The van der Waals surface area contributed by atoms with Gasteiger partial charge in [0.25, 0.3) is 0 Å². The fourth-order valence-electron chi connectivity index (χ4n) is 3.33. The van der Waals surface area contributed by atoms with Crippen LogP contribution in [0.2, 0.25) is 0 Å². The zero-order valence-electron chi connectivity index (χ0n) is 13.1. The number of hydrogen-bond acceptors (Lipinski definition) is 3. The lowest BCUT2D eigenvalue weighted by molar-refractivity contribution is -0.141. The fourth-order valence-corrected chi connectivity index (χ4v) is 3.81. The Morgan fingerprint density at radius 1 is 1.30 bits per heavy atom. The molecule has 126 valence electrons. The van der Waals surface area contributed by atoms with Gasteiger partial charge in [0.2, 0.25) is 5.91 Å². The van der Waals surface area contributed by atoms with Crippen LogP contribution in [0.5, 0.6) is 0 Å². The van der Waals surface area contributed by atoms with Gasteiger partial charge in [-0.3, -0.25) is 9.69 Å². The number of morpholine rings is 1. The van der Waals surface area contributed by atoms with Crippen LogP contribution in [-0.4, -0.2) is 55.1 Å². The van der Waals surface area contributed by atoms with E-state index >= 15 is 0 Å². The van der Waals surface area contributed by atoms with Gasteiger partial charge in [-0.15, -0.1) is 0 Å². The van der Waals surface area contributed by atoms with Crippen LogP contribution in [0.1, 0.15) is 18.4 Å². The molecular formula is C17H22BrFN2O2. The molecule has 2 aliphatic rings. The van der Waals surface area contributed by atoms with Gasteiger partial charge >= 0.3 is 0 Å². The second-order valence-corrected chi connectivity index (χ2v) is 7.10. The summed E-state index contributed by atoms with van der Waals surface area (Å²) in [4.78, 5) is 16.9. The van der Waals surface area contributed by atoms with Crippen molar-refractivity contribution in [2.75, 3.05) is 39.4 Å². The van der Waals surface area contributed by atoms with E-state index < -0.39 is 0 Å². The smallest absolute Gasteiger partial charge is 0.227 e. The van der Waals surface area contributed by atoms with Crippen LogP contribution in [0.25, 0.3) is 0 Å². The molecule has 0 spiro atoms. The van der Waals surface area contributed by atoms with E-state index in [0.29, 0.717) is 26.3 Å². The van der Waals surface area contributed by atoms with Gasteiger partial charge in [0.15, 0.2) is 0 Å². The van der Waals surface area contributed by atoms with Crippen LogP contribution >= 0.6 is 15.9 Å². The summed E-state index contributed by atoms with van der Waals surface area (Å²) in [6.07, 6.45) is 1.98. The summed E-state index contributed by atoms with van der Waals surface area (Å²) in [5.41, 5.74) is 1.06. The molecule has 4 nitrogen and oxygen atoms in total. The second kappa shape index (κ2) is 7.73. The molecule has 2 saturated heterocycles. The number of ether oxygens (including phenoxy) is 1. The number of carbonyl (C=O) groups is 1. The van der Waals surface area contributed by atoms with Gasteiger partial charge in [-0.2, -0.15) is 0 Å². The molecule has 0 bridgehead atoms. The first-order valence-electron chi connectivity index (χ1n) is 8.16. The minimum atomic E-state index is -0.236. The van der Waals surface area contributed by atoms with E-state index in [1.807, 2.05) is 11.0 Å². The molecule has 2 fully saturated rings. The zero-order valence-corrected chi connectivity index (χ0v) is 14.7. The lowest BCUT2D eigenvalue weighted by Gasteiger charge is -2.36. The molecule has 0 radical (unpaired) electrons. The third kappa shape index (κ3) is 4.31. The predicted octanol–water partition coefficient (Wildman–Crippen LogP) is 2.66. The topological polar surface area (TPSA) is 32.8 Å². The molecule has 0 saturated carbocycles. The highest BCUT2D eigenvalue weighted by molar-refractivity contribution is 9.10. The van der Waals surface area contributed by atoms with Gasteiger partial charge in [-0.05, 0) is 37.1 Å². The number of carbonyl (C=O) groups excluding carboxylic acids is 1. The van der Waals surface area contributed by atoms with Crippen LogP contribution in [0, 0.1) is 11.7 Å². The van der Waals surface area contributed by atoms with Gasteiger partial charge in [-0.25, -0.2) is 4.39 Å². The largest absolute Gasteiger partial charge is 0.378 e. The molecule has 0 aromatic heterocycles. The number of piperidine rings is 1. The van der Waals surface area contributed by atoms with Crippen molar-refractivity contribution < 1.29 is 13.9 Å². The number of likely N-dealkylation sites (tertiary alicyclic amines) is 1. The van der Waals surface area contributed by atoms with Gasteiger partial charge < -0.3 is 9.64 Å². The maximum absolute atomic E-state index is 13.2. The minimum absolute atomic E-state index is 0.0704. The predicted molar refractivity (Wildman–Crippen MR) is 89.5 cm³/mol. The van der Waals surface area contributed by atoms with Gasteiger partial charge in [0.1, 0.15) is 5.82 Å². The molecule has 6 heteroatoms. The lowest BCUT2D eigenvalue weighted by atomic mass is 9.96. The number of rotatable bonds is 3. The molecule has 1 aromatic rings. The Balaban J connectivity index is 1.60. The summed E-state index contributed by atoms with van der Waals surface area (Å²) in [7, 11) is 0. The highest BCUT2D eigenvalue weighted by atomic mass is 79.9. The van der Waals surface area contributed by atoms with Crippen molar-refractivity contribution in [2.45, 2.75) is 19.4 Å². The zero-order chi connectivity index (χ0) is 16.2. The molecule has 1 amide bonds. The molecule has 0 aliphatic carbocycles. The first kappa shape index (κ1) is 16.9. The maximum Gasteiger partial charge on any atom is 0.227 e. The quantitative estimate of drug-likeness (QED) is 0.802. The summed E-state index contributed by atoms with van der Waals surface area (Å²) >= 11 is 3.42. The van der Waals surface area contributed by atoms with E-state index in [1.54, 1.807) is 0 Å². The minimum Gasteiger partial charge on any atom is -0.378 e. The number of hydrogen-bond donors (Lipinski definition) is 0. The fraction of sp³-hybridized carbons (Fsp3) is 0.588. The first-order valence-corrected chi connectivity index (χ1v) is 8.95. The van der Waals surface area contributed by atoms with E-state index in [-0.39, 0.29) is 17.6 Å². The van der Waals surface area contributed by atoms with E-state index in [4.69, 9.17) is 4.74 Å². The summed E-state index contributed by atoms with van der Waals surface area (Å²) in [5.74, 6) is 0.0943. The molecule has 2 heterocycles. The lowest BCUT2D eigenvalue weighted by Crippen LogP contribution is -2.48. The standard InChI is InChI=1S/C17H22BrFN2O2/c18-16-10-15(19)4-3-13(16)11-20-5-1-2-14(12-20)17(22)21-6-8-23-9-7-21/h3-4,10,14H,1-2,5-9,11-12H2. The van der Waals surface area contributed by atoms with E-state index in [9.17, 15) is 9.18 Å². The average molecular weight is 385 g/mol. The monoisotopic (exact) mass is 384 g/mol. The van der Waals surface area contributed by atoms with Crippen molar-refractivity contribution in [2.24, 2.45) is 5.92 Å². The van der Waals surface area contributed by atoms with E-state index in [1.165, 1.54) is 12.1 Å². The summed E-state index contributed by atoms with van der Waals surface area (Å²) in [6.45, 7) is 5.21. The summed E-state index contributed by atoms with van der Waals surface area (Å²) in [5, 5.41) is 0. The van der Waals surface area contributed by atoms with Gasteiger partial charge in [-0.1, -0.05) is 22.0 Å². The molecule has 1 aromatic carbocycles. The third-order valence-electron chi connectivity index (χ3n) is 4.59. The Labute approximate surface area is 144 Å². The number of benzene rings is 1. The Kier molecular flexibility index (Phi) is 5.67. The summed E-state index contributed by atoms with van der Waals surface area (Å²) in [6, 6.07) is 4.79. The van der Waals surface area contributed by atoms with Crippen LogP contribution < -0.4 is 0 Å². The highest BCUT2D eigenvalue weighted by Crippen LogP contribution is 2.24. The number of halogens is 2. The van der Waals surface area contributed by atoms with Crippen molar-refractivity contribution in [3.8, 4) is 0 Å². The second-order valence-electron chi connectivity index (χ2n) is 6.25. The molecule has 23 heavy (non-hydrogen) atoms. The Morgan fingerprint density at radius 2 is 2.09 bits per heavy atom. The van der Waals surface area contributed by atoms with Crippen molar-refractivity contribution >= 4 is 21.8 Å². The van der Waals surface area contributed by atoms with Crippen LogP contribution in [0.15, 0.2) is 22.7 Å². The molecule has 0 N–H and O–H groups in total. The van der Waals surface area contributed by atoms with Crippen molar-refractivity contribution in [1.29, 1.82) is 0 Å². The molecule has 1 atom stereocenters. The average Bonchev–Trinajstić information content (AvgIpc) is 2.58. The normalized spacial score (nSPS) is 23.0. The SMILES string of the molecule is O=C(C1CCCN(Cc2ccc(F)cc2Br)C1)N1CCOCC1. The third-order valence-corrected chi connectivity index (χ3v) is 5.32. The number of amides is 1. The van der Waals surface area contributed by atoms with Crippen LogP contribution in [0.4, 0.5) is 4.39 Å². The van der Waals surface area contributed by atoms with Crippen molar-refractivity contribution in [3.63, 3.8) is 0 Å². The van der Waals surface area contributed by atoms with E-state index in [0.717, 1.165) is 42.5 Å². The summed E-state index contributed by atoms with van der Waals surface area (Å²) < 4.78 is 19.3. The Hall–Kier alpha value is -0.980. The maximum atomic E-state index is 13.2. The Bertz CT molecular complexity index is 564. The van der Waals surface area contributed by atoms with Gasteiger partial charge in [0, 0.05) is 30.7 Å². The van der Waals surface area contributed by atoms with Crippen LogP contribution in [-0.2, 0) is 16.1 Å². The molecule has 3 rings (SSSR count). The number of nitrogens with zero attached hydrogens (tertiary/aromatic N) is 2. The molecular weight excluding hydrogens is 363 g/mol. The van der Waals surface area contributed by atoms with Crippen LogP contribution in [0.3, 0.4) is 0 Å².